The molecule has 9 heteroatoms. The Morgan fingerprint density at radius 2 is 2.15 bits per heavy atom. The van der Waals surface area contributed by atoms with Gasteiger partial charge in [0.25, 0.3) is 5.69 Å². The number of nitrogens with zero attached hydrogens (tertiary/aromatic N) is 4. The summed E-state index contributed by atoms with van der Waals surface area (Å²) in [5.74, 6) is 0.525. The van der Waals surface area contributed by atoms with Gasteiger partial charge in [0.1, 0.15) is 16.9 Å². The van der Waals surface area contributed by atoms with Crippen molar-refractivity contribution in [3.05, 3.63) is 50.6 Å². The van der Waals surface area contributed by atoms with Crippen LogP contribution in [0, 0.1) is 10.1 Å². The second-order valence-corrected chi connectivity index (χ2v) is 7.07. The van der Waals surface area contributed by atoms with Crippen LogP contribution in [0.25, 0.3) is 10.2 Å². The summed E-state index contributed by atoms with van der Waals surface area (Å²) in [7, 11) is 0. The zero-order valence-electron chi connectivity index (χ0n) is 13.7. The first-order valence-electron chi connectivity index (χ1n) is 8.15. The van der Waals surface area contributed by atoms with Crippen molar-refractivity contribution >= 4 is 39.3 Å². The van der Waals surface area contributed by atoms with E-state index in [0.717, 1.165) is 29.5 Å². The van der Waals surface area contributed by atoms with E-state index in [1.54, 1.807) is 11.3 Å². The highest BCUT2D eigenvalue weighted by Gasteiger charge is 2.19. The molecule has 132 valence electrons. The highest BCUT2D eigenvalue weighted by Crippen LogP contribution is 2.38. The molecule has 8 nitrogen and oxygen atoms in total. The molecule has 26 heavy (non-hydrogen) atoms. The maximum absolute atomic E-state index is 10.9. The average molecular weight is 369 g/mol. The standard InChI is InChI=1S/C17H15N5O3S/c23-13-6-5-11(22(24)25)7-10(13)8-20-21-16-15-12-3-1-2-4-14(12)26-17(15)19-9-18-16/h5-9,23H,1-4H2,(H,18,19,21). The number of phenols is 1. The molecule has 0 atom stereocenters. The van der Waals surface area contributed by atoms with Crippen LogP contribution in [0.4, 0.5) is 11.5 Å². The summed E-state index contributed by atoms with van der Waals surface area (Å²) in [6.07, 6.45) is 7.26. The van der Waals surface area contributed by atoms with Crippen LogP contribution >= 0.6 is 11.3 Å². The van der Waals surface area contributed by atoms with Gasteiger partial charge in [-0.15, -0.1) is 11.3 Å². The molecule has 0 amide bonds. The minimum Gasteiger partial charge on any atom is -0.507 e. The number of nitrogens with one attached hydrogen (secondary N) is 1. The summed E-state index contributed by atoms with van der Waals surface area (Å²) in [5, 5.41) is 25.8. The number of hydrogen-bond donors (Lipinski definition) is 2. The first-order chi connectivity index (χ1) is 12.6. The van der Waals surface area contributed by atoms with Crippen LogP contribution < -0.4 is 5.43 Å². The number of thiophene rings is 1. The van der Waals surface area contributed by atoms with Gasteiger partial charge in [-0.05, 0) is 37.3 Å². The Morgan fingerprint density at radius 3 is 3.00 bits per heavy atom. The molecule has 0 saturated heterocycles. The first kappa shape index (κ1) is 16.4. The van der Waals surface area contributed by atoms with Gasteiger partial charge in [-0.1, -0.05) is 0 Å². The molecular weight excluding hydrogens is 354 g/mol. The minimum absolute atomic E-state index is 0.0816. The van der Waals surface area contributed by atoms with Crippen molar-refractivity contribution in [1.82, 2.24) is 9.97 Å². The van der Waals surface area contributed by atoms with E-state index < -0.39 is 4.92 Å². The Hall–Kier alpha value is -3.07. The van der Waals surface area contributed by atoms with E-state index in [1.807, 2.05) is 0 Å². The lowest BCUT2D eigenvalue weighted by Crippen LogP contribution is -2.01. The molecule has 0 bridgehead atoms. The van der Waals surface area contributed by atoms with Crippen molar-refractivity contribution in [2.75, 3.05) is 5.43 Å². The number of phenolic OH excluding ortho intramolecular Hbond substituents is 1. The minimum atomic E-state index is -0.518. The fourth-order valence-electron chi connectivity index (χ4n) is 3.10. The van der Waals surface area contributed by atoms with Gasteiger partial charge >= 0.3 is 0 Å². The third-order valence-corrected chi connectivity index (χ3v) is 5.55. The molecule has 2 N–H and O–H groups in total. The summed E-state index contributed by atoms with van der Waals surface area (Å²) in [5.41, 5.74) is 4.32. The number of benzene rings is 1. The summed E-state index contributed by atoms with van der Waals surface area (Å²) in [6, 6.07) is 3.78. The second kappa shape index (κ2) is 6.68. The normalized spacial score (nSPS) is 13.8. The Morgan fingerprint density at radius 1 is 1.31 bits per heavy atom. The fraction of sp³-hybridized carbons (Fsp3) is 0.235. The van der Waals surface area contributed by atoms with Gasteiger partial charge in [-0.3, -0.25) is 15.5 Å². The Bertz CT molecular complexity index is 1030. The SMILES string of the molecule is O=[N+]([O-])c1ccc(O)c(C=NNc2ncnc3sc4c(c23)CCCC4)c1. The van der Waals surface area contributed by atoms with Gasteiger partial charge in [0.05, 0.1) is 16.5 Å². The number of rotatable bonds is 4. The fourth-order valence-corrected chi connectivity index (χ4v) is 4.33. The van der Waals surface area contributed by atoms with E-state index in [2.05, 4.69) is 20.5 Å². The van der Waals surface area contributed by atoms with Gasteiger partial charge in [0.2, 0.25) is 0 Å². The van der Waals surface area contributed by atoms with Gasteiger partial charge in [-0.25, -0.2) is 9.97 Å². The molecule has 0 fully saturated rings. The van der Waals surface area contributed by atoms with Crippen LogP contribution in [0.1, 0.15) is 28.8 Å². The predicted octanol–water partition coefficient (Wildman–Crippen LogP) is 3.63. The van der Waals surface area contributed by atoms with E-state index in [4.69, 9.17) is 0 Å². The molecule has 0 aliphatic heterocycles. The quantitative estimate of drug-likeness (QED) is 0.412. The molecular formula is C17H15N5O3S. The van der Waals surface area contributed by atoms with Gasteiger partial charge in [-0.2, -0.15) is 5.10 Å². The van der Waals surface area contributed by atoms with Crippen molar-refractivity contribution in [3.8, 4) is 5.75 Å². The average Bonchev–Trinajstić information content (AvgIpc) is 3.02. The van der Waals surface area contributed by atoms with E-state index in [-0.39, 0.29) is 17.0 Å². The van der Waals surface area contributed by atoms with Crippen molar-refractivity contribution < 1.29 is 10.0 Å². The number of aromatic nitrogens is 2. The van der Waals surface area contributed by atoms with Crippen molar-refractivity contribution in [1.29, 1.82) is 0 Å². The summed E-state index contributed by atoms with van der Waals surface area (Å²) in [6.45, 7) is 0. The number of non-ortho nitro benzene ring substituents is 1. The number of hydrazone groups is 1. The molecule has 1 aliphatic carbocycles. The molecule has 0 unspecified atom stereocenters. The van der Waals surface area contributed by atoms with Crippen molar-refractivity contribution in [3.63, 3.8) is 0 Å². The lowest BCUT2D eigenvalue weighted by atomic mass is 9.97. The Labute approximate surface area is 152 Å². The van der Waals surface area contributed by atoms with Crippen LogP contribution in [0.2, 0.25) is 0 Å². The van der Waals surface area contributed by atoms with Crippen LogP contribution in [0.15, 0.2) is 29.6 Å². The number of nitro groups is 1. The van der Waals surface area contributed by atoms with E-state index >= 15 is 0 Å². The van der Waals surface area contributed by atoms with Crippen molar-refractivity contribution in [2.24, 2.45) is 5.10 Å². The molecule has 0 spiro atoms. The summed E-state index contributed by atoms with van der Waals surface area (Å²) < 4.78 is 0. The van der Waals surface area contributed by atoms with Gasteiger partial charge < -0.3 is 5.11 Å². The van der Waals surface area contributed by atoms with Crippen LogP contribution in [-0.2, 0) is 12.8 Å². The smallest absolute Gasteiger partial charge is 0.270 e. The van der Waals surface area contributed by atoms with Crippen LogP contribution in [0.5, 0.6) is 5.75 Å². The summed E-state index contributed by atoms with van der Waals surface area (Å²) >= 11 is 1.69. The van der Waals surface area contributed by atoms with Crippen molar-refractivity contribution in [2.45, 2.75) is 25.7 Å². The number of nitro benzene ring substituents is 1. The molecule has 2 aromatic heterocycles. The topological polar surface area (TPSA) is 114 Å². The maximum Gasteiger partial charge on any atom is 0.270 e. The van der Waals surface area contributed by atoms with Gasteiger partial charge in [0, 0.05) is 22.6 Å². The molecule has 0 radical (unpaired) electrons. The maximum atomic E-state index is 10.9. The largest absolute Gasteiger partial charge is 0.507 e. The number of anilines is 1. The zero-order valence-corrected chi connectivity index (χ0v) is 14.5. The monoisotopic (exact) mass is 369 g/mol. The third-order valence-electron chi connectivity index (χ3n) is 4.35. The lowest BCUT2D eigenvalue weighted by molar-refractivity contribution is -0.384. The highest BCUT2D eigenvalue weighted by atomic mass is 32.1. The molecule has 2 heterocycles. The van der Waals surface area contributed by atoms with E-state index in [1.165, 1.54) is 47.6 Å². The van der Waals surface area contributed by atoms with Crippen LogP contribution in [-0.4, -0.2) is 26.2 Å². The number of aryl methyl sites for hydroxylation is 2. The number of fused-ring (bicyclic) bond motifs is 3. The second-order valence-electron chi connectivity index (χ2n) is 5.98. The van der Waals surface area contributed by atoms with E-state index in [0.29, 0.717) is 5.82 Å². The molecule has 0 saturated carbocycles. The van der Waals surface area contributed by atoms with E-state index in [9.17, 15) is 15.2 Å². The highest BCUT2D eigenvalue weighted by molar-refractivity contribution is 7.19. The first-order valence-corrected chi connectivity index (χ1v) is 8.97. The predicted molar refractivity (Wildman–Crippen MR) is 100 cm³/mol. The Balaban J connectivity index is 1.64. The third kappa shape index (κ3) is 2.97. The zero-order chi connectivity index (χ0) is 18.1. The van der Waals surface area contributed by atoms with Gasteiger partial charge in [0.15, 0.2) is 5.82 Å². The lowest BCUT2D eigenvalue weighted by Gasteiger charge is -2.11. The molecule has 1 aromatic carbocycles. The molecule has 3 aromatic rings. The molecule has 4 rings (SSSR count). The Kier molecular flexibility index (Phi) is 4.21. The summed E-state index contributed by atoms with van der Waals surface area (Å²) in [4.78, 5) is 21.3. The number of hydrogen-bond acceptors (Lipinski definition) is 8. The molecule has 1 aliphatic rings. The van der Waals surface area contributed by atoms with Crippen LogP contribution in [0.3, 0.4) is 0 Å². The number of aromatic hydroxyl groups is 1.